The number of halogens is 2. The van der Waals surface area contributed by atoms with E-state index < -0.39 is 0 Å². The van der Waals surface area contributed by atoms with Crippen LogP contribution < -0.4 is 5.32 Å². The second-order valence-electron chi connectivity index (χ2n) is 4.48. The number of hydrogen-bond acceptors (Lipinski definition) is 2. The van der Waals surface area contributed by atoms with E-state index in [1.165, 1.54) is 4.90 Å². The van der Waals surface area contributed by atoms with Crippen LogP contribution in [-0.2, 0) is 0 Å². The first-order valence-corrected chi connectivity index (χ1v) is 8.28. The van der Waals surface area contributed by atoms with Gasteiger partial charge in [-0.15, -0.1) is 11.8 Å². The van der Waals surface area contributed by atoms with Crippen LogP contribution in [0.1, 0.15) is 18.5 Å². The molecule has 0 aliphatic heterocycles. The lowest BCUT2D eigenvalue weighted by atomic mass is 10.1. The third-order valence-corrected chi connectivity index (χ3v) is 4.86. The highest BCUT2D eigenvalue weighted by Gasteiger charge is 2.10. The zero-order valence-corrected chi connectivity index (χ0v) is 13.6. The number of hydrogen-bond donors (Lipinski definition) is 1. The number of benzene rings is 2. The van der Waals surface area contributed by atoms with E-state index in [1.807, 2.05) is 36.0 Å². The molecular formula is C16H17Cl2NS. The summed E-state index contributed by atoms with van der Waals surface area (Å²) < 4.78 is 0. The van der Waals surface area contributed by atoms with Crippen LogP contribution >= 0.6 is 35.0 Å². The van der Waals surface area contributed by atoms with Gasteiger partial charge in [0.05, 0.1) is 10.0 Å². The van der Waals surface area contributed by atoms with Crippen molar-refractivity contribution in [3.63, 3.8) is 0 Å². The molecule has 1 unspecified atom stereocenters. The second-order valence-corrected chi connectivity index (χ2v) is 6.43. The highest BCUT2D eigenvalue weighted by atomic mass is 35.5. The standard InChI is InChI=1S/C16H17Cl2NS/c1-12(14-8-5-9-15(17)16(14)18)19-10-11-20-13-6-3-2-4-7-13/h2-9,12,19H,10-11H2,1H3. The zero-order chi connectivity index (χ0) is 14.4. The average molecular weight is 326 g/mol. The molecule has 0 heterocycles. The van der Waals surface area contributed by atoms with Gasteiger partial charge in [-0.05, 0) is 30.7 Å². The monoisotopic (exact) mass is 325 g/mol. The first-order chi connectivity index (χ1) is 9.68. The van der Waals surface area contributed by atoms with Crippen molar-refractivity contribution in [3.05, 3.63) is 64.1 Å². The van der Waals surface area contributed by atoms with Gasteiger partial charge in [0, 0.05) is 23.2 Å². The molecule has 2 aromatic rings. The minimum absolute atomic E-state index is 0.192. The molecule has 0 spiro atoms. The highest BCUT2D eigenvalue weighted by molar-refractivity contribution is 7.99. The minimum atomic E-state index is 0.192. The Morgan fingerprint density at radius 1 is 1.05 bits per heavy atom. The fraction of sp³-hybridized carbons (Fsp3) is 0.250. The largest absolute Gasteiger partial charge is 0.309 e. The Labute approximate surface area is 134 Å². The second kappa shape index (κ2) is 7.94. The SMILES string of the molecule is CC(NCCSc1ccccc1)c1cccc(Cl)c1Cl. The lowest BCUT2D eigenvalue weighted by Crippen LogP contribution is -2.21. The van der Waals surface area contributed by atoms with Gasteiger partial charge < -0.3 is 5.32 Å². The maximum Gasteiger partial charge on any atom is 0.0639 e. The van der Waals surface area contributed by atoms with E-state index in [0.29, 0.717) is 10.0 Å². The molecule has 0 aromatic heterocycles. The fourth-order valence-corrected chi connectivity index (χ4v) is 3.20. The van der Waals surface area contributed by atoms with Gasteiger partial charge in [-0.2, -0.15) is 0 Å². The predicted molar refractivity (Wildman–Crippen MR) is 90.0 cm³/mol. The van der Waals surface area contributed by atoms with Crippen LogP contribution in [-0.4, -0.2) is 12.3 Å². The van der Waals surface area contributed by atoms with E-state index in [0.717, 1.165) is 17.9 Å². The van der Waals surface area contributed by atoms with Crippen LogP contribution in [0.3, 0.4) is 0 Å². The van der Waals surface area contributed by atoms with Gasteiger partial charge in [0.25, 0.3) is 0 Å². The molecule has 0 radical (unpaired) electrons. The van der Waals surface area contributed by atoms with Crippen molar-refractivity contribution in [1.29, 1.82) is 0 Å². The van der Waals surface area contributed by atoms with Crippen LogP contribution in [0.2, 0.25) is 10.0 Å². The van der Waals surface area contributed by atoms with E-state index >= 15 is 0 Å². The van der Waals surface area contributed by atoms with Crippen LogP contribution in [0.15, 0.2) is 53.4 Å². The van der Waals surface area contributed by atoms with E-state index in [9.17, 15) is 0 Å². The van der Waals surface area contributed by atoms with Gasteiger partial charge in [0.2, 0.25) is 0 Å². The molecule has 0 saturated heterocycles. The van der Waals surface area contributed by atoms with E-state index in [-0.39, 0.29) is 6.04 Å². The number of nitrogens with one attached hydrogen (secondary N) is 1. The topological polar surface area (TPSA) is 12.0 Å². The molecular weight excluding hydrogens is 309 g/mol. The van der Waals surface area contributed by atoms with E-state index in [4.69, 9.17) is 23.2 Å². The molecule has 1 nitrogen and oxygen atoms in total. The van der Waals surface area contributed by atoms with Crippen molar-refractivity contribution in [2.75, 3.05) is 12.3 Å². The zero-order valence-electron chi connectivity index (χ0n) is 11.3. The summed E-state index contributed by atoms with van der Waals surface area (Å²) in [6.45, 7) is 3.02. The summed E-state index contributed by atoms with van der Waals surface area (Å²) >= 11 is 14.1. The third kappa shape index (κ3) is 4.42. The summed E-state index contributed by atoms with van der Waals surface area (Å²) in [6, 6.07) is 16.4. The van der Waals surface area contributed by atoms with Gasteiger partial charge in [-0.25, -0.2) is 0 Å². The van der Waals surface area contributed by atoms with Gasteiger partial charge in [-0.1, -0.05) is 53.5 Å². The van der Waals surface area contributed by atoms with E-state index in [2.05, 4.69) is 36.5 Å². The van der Waals surface area contributed by atoms with Crippen LogP contribution in [0.5, 0.6) is 0 Å². The third-order valence-electron chi connectivity index (χ3n) is 3.01. The molecule has 0 fully saturated rings. The molecule has 20 heavy (non-hydrogen) atoms. The Kier molecular flexibility index (Phi) is 6.24. The molecule has 1 atom stereocenters. The summed E-state index contributed by atoms with van der Waals surface area (Å²) in [4.78, 5) is 1.29. The summed E-state index contributed by atoms with van der Waals surface area (Å²) in [6.07, 6.45) is 0. The lowest BCUT2D eigenvalue weighted by molar-refractivity contribution is 0.601. The van der Waals surface area contributed by atoms with Crippen molar-refractivity contribution >= 4 is 35.0 Å². The first kappa shape index (κ1) is 15.7. The van der Waals surface area contributed by atoms with Crippen molar-refractivity contribution in [2.45, 2.75) is 17.9 Å². The quantitative estimate of drug-likeness (QED) is 0.561. The normalized spacial score (nSPS) is 12.3. The smallest absolute Gasteiger partial charge is 0.0639 e. The average Bonchev–Trinajstić information content (AvgIpc) is 2.47. The summed E-state index contributed by atoms with van der Waals surface area (Å²) in [5, 5.41) is 4.72. The highest BCUT2D eigenvalue weighted by Crippen LogP contribution is 2.29. The molecule has 2 aromatic carbocycles. The van der Waals surface area contributed by atoms with E-state index in [1.54, 1.807) is 0 Å². The van der Waals surface area contributed by atoms with Crippen molar-refractivity contribution in [2.24, 2.45) is 0 Å². The first-order valence-electron chi connectivity index (χ1n) is 6.53. The Balaban J connectivity index is 1.81. The Bertz CT molecular complexity index is 545. The number of thioether (sulfide) groups is 1. The van der Waals surface area contributed by atoms with Crippen LogP contribution in [0, 0.1) is 0 Å². The minimum Gasteiger partial charge on any atom is -0.309 e. The molecule has 0 aliphatic carbocycles. The summed E-state index contributed by atoms with van der Waals surface area (Å²) in [7, 11) is 0. The Hall–Kier alpha value is -0.670. The maximum absolute atomic E-state index is 6.22. The summed E-state index contributed by atoms with van der Waals surface area (Å²) in [5.74, 6) is 1.02. The van der Waals surface area contributed by atoms with Crippen molar-refractivity contribution < 1.29 is 0 Å². The maximum atomic E-state index is 6.22. The summed E-state index contributed by atoms with van der Waals surface area (Å²) in [5.41, 5.74) is 1.05. The molecule has 1 N–H and O–H groups in total. The molecule has 0 aliphatic rings. The van der Waals surface area contributed by atoms with Gasteiger partial charge in [0.1, 0.15) is 0 Å². The lowest BCUT2D eigenvalue weighted by Gasteiger charge is -2.16. The Morgan fingerprint density at radius 2 is 1.80 bits per heavy atom. The molecule has 0 amide bonds. The van der Waals surface area contributed by atoms with Crippen molar-refractivity contribution in [3.8, 4) is 0 Å². The van der Waals surface area contributed by atoms with Crippen LogP contribution in [0.4, 0.5) is 0 Å². The molecule has 0 saturated carbocycles. The van der Waals surface area contributed by atoms with Gasteiger partial charge >= 0.3 is 0 Å². The molecule has 4 heteroatoms. The van der Waals surface area contributed by atoms with Crippen molar-refractivity contribution in [1.82, 2.24) is 5.32 Å². The number of rotatable bonds is 6. The predicted octanol–water partition coefficient (Wildman–Crippen LogP) is 5.44. The Morgan fingerprint density at radius 3 is 2.55 bits per heavy atom. The van der Waals surface area contributed by atoms with Crippen LogP contribution in [0.25, 0.3) is 0 Å². The fourth-order valence-electron chi connectivity index (χ4n) is 1.93. The van der Waals surface area contributed by atoms with Gasteiger partial charge in [-0.3, -0.25) is 0 Å². The molecule has 2 rings (SSSR count). The molecule has 106 valence electrons. The molecule has 0 bridgehead atoms. The van der Waals surface area contributed by atoms with Gasteiger partial charge in [0.15, 0.2) is 0 Å².